The Bertz CT molecular complexity index is 414. The second kappa shape index (κ2) is 5.54. The summed E-state index contributed by atoms with van der Waals surface area (Å²) in [6.07, 6.45) is -1.45. The van der Waals surface area contributed by atoms with Crippen molar-refractivity contribution in [3.63, 3.8) is 0 Å². The first-order valence-corrected chi connectivity index (χ1v) is 5.12. The first-order valence-electron chi connectivity index (χ1n) is 5.12. The van der Waals surface area contributed by atoms with Gasteiger partial charge in [0.05, 0.1) is 26.7 Å². The summed E-state index contributed by atoms with van der Waals surface area (Å²) in [6, 6.07) is 3.34. The fraction of sp³-hybridized carbons (Fsp3) is 0.417. The summed E-state index contributed by atoms with van der Waals surface area (Å²) in [5.74, 6) is -0.0315. The summed E-state index contributed by atoms with van der Waals surface area (Å²) in [6.45, 7) is 1.77. The molecule has 0 aromatic heterocycles. The lowest BCUT2D eigenvalue weighted by Crippen LogP contribution is -2.09. The van der Waals surface area contributed by atoms with Gasteiger partial charge in [0, 0.05) is 11.6 Å². The molecule has 1 aromatic rings. The lowest BCUT2D eigenvalue weighted by atomic mass is 9.99. The number of ether oxygens (including phenoxy) is 2. The fourth-order valence-electron chi connectivity index (χ4n) is 1.72. The average Bonchev–Trinajstić information content (AvgIpc) is 2.26. The highest BCUT2D eigenvalue weighted by Gasteiger charge is 2.20. The summed E-state index contributed by atoms with van der Waals surface area (Å²) in [7, 11) is 2.99. The van der Waals surface area contributed by atoms with Crippen LogP contribution in [0.3, 0.4) is 0 Å². The van der Waals surface area contributed by atoms with Crippen LogP contribution >= 0.6 is 0 Å². The highest BCUT2D eigenvalue weighted by atomic mass is 16.5. The van der Waals surface area contributed by atoms with Crippen molar-refractivity contribution in [2.45, 2.75) is 19.4 Å². The lowest BCUT2D eigenvalue weighted by Gasteiger charge is -2.17. The third-order valence-electron chi connectivity index (χ3n) is 2.48. The molecule has 0 aliphatic rings. The van der Waals surface area contributed by atoms with Crippen LogP contribution in [-0.4, -0.2) is 30.4 Å². The van der Waals surface area contributed by atoms with Crippen molar-refractivity contribution < 1.29 is 24.5 Å². The molecular weight excluding hydrogens is 224 g/mol. The Kier molecular flexibility index (Phi) is 4.34. The zero-order valence-electron chi connectivity index (χ0n) is 10.1. The largest absolute Gasteiger partial charge is 0.497 e. The summed E-state index contributed by atoms with van der Waals surface area (Å²) < 4.78 is 10.2. The van der Waals surface area contributed by atoms with E-state index >= 15 is 0 Å². The van der Waals surface area contributed by atoms with Gasteiger partial charge in [0.2, 0.25) is 0 Å². The SMILES string of the molecule is COc1cc(C)c(C(O)CC(=O)O)c(OC)c1. The molecule has 0 aliphatic heterocycles. The molecule has 1 atom stereocenters. The lowest BCUT2D eigenvalue weighted by molar-refractivity contribution is -0.139. The van der Waals surface area contributed by atoms with E-state index in [9.17, 15) is 9.90 Å². The monoisotopic (exact) mass is 240 g/mol. The van der Waals surface area contributed by atoms with E-state index in [1.807, 2.05) is 0 Å². The van der Waals surface area contributed by atoms with Gasteiger partial charge in [-0.2, -0.15) is 0 Å². The second-order valence-electron chi connectivity index (χ2n) is 3.67. The van der Waals surface area contributed by atoms with E-state index in [0.29, 0.717) is 17.1 Å². The zero-order chi connectivity index (χ0) is 13.0. The Hall–Kier alpha value is -1.75. The highest BCUT2D eigenvalue weighted by Crippen LogP contribution is 2.34. The van der Waals surface area contributed by atoms with Gasteiger partial charge < -0.3 is 19.7 Å². The maximum absolute atomic E-state index is 10.6. The molecule has 0 fully saturated rings. The minimum atomic E-state index is -1.09. The summed E-state index contributed by atoms with van der Waals surface area (Å²) >= 11 is 0. The van der Waals surface area contributed by atoms with Crippen LogP contribution in [0.15, 0.2) is 12.1 Å². The Labute approximate surface area is 99.6 Å². The number of aryl methyl sites for hydroxylation is 1. The normalized spacial score (nSPS) is 12.0. The van der Waals surface area contributed by atoms with Crippen LogP contribution in [0.1, 0.15) is 23.7 Å². The second-order valence-corrected chi connectivity index (χ2v) is 3.67. The van der Waals surface area contributed by atoms with Crippen LogP contribution in [0.5, 0.6) is 11.5 Å². The van der Waals surface area contributed by atoms with Crippen molar-refractivity contribution in [1.29, 1.82) is 0 Å². The number of carbonyl (C=O) groups is 1. The van der Waals surface area contributed by atoms with Crippen LogP contribution < -0.4 is 9.47 Å². The number of aliphatic hydroxyl groups excluding tert-OH is 1. The minimum absolute atomic E-state index is 0.358. The summed E-state index contributed by atoms with van der Waals surface area (Å²) in [4.78, 5) is 10.6. The highest BCUT2D eigenvalue weighted by molar-refractivity contribution is 5.68. The number of hydrogen-bond donors (Lipinski definition) is 2. The van der Waals surface area contributed by atoms with Gasteiger partial charge in [-0.25, -0.2) is 0 Å². The molecule has 5 nitrogen and oxygen atoms in total. The fourth-order valence-corrected chi connectivity index (χ4v) is 1.72. The Morgan fingerprint density at radius 2 is 2.00 bits per heavy atom. The predicted octanol–water partition coefficient (Wildman–Crippen LogP) is 1.52. The van der Waals surface area contributed by atoms with E-state index in [-0.39, 0.29) is 6.42 Å². The quantitative estimate of drug-likeness (QED) is 0.816. The molecule has 0 heterocycles. The number of methoxy groups -OCH3 is 2. The predicted molar refractivity (Wildman–Crippen MR) is 61.5 cm³/mol. The van der Waals surface area contributed by atoms with Crippen LogP contribution in [0.2, 0.25) is 0 Å². The first-order chi connectivity index (χ1) is 7.99. The number of carboxylic acid groups (broad SMARTS) is 1. The van der Waals surface area contributed by atoms with Crippen molar-refractivity contribution in [3.8, 4) is 11.5 Å². The molecule has 2 N–H and O–H groups in total. The van der Waals surface area contributed by atoms with Crippen molar-refractivity contribution in [2.24, 2.45) is 0 Å². The van der Waals surface area contributed by atoms with Crippen molar-refractivity contribution in [2.75, 3.05) is 14.2 Å². The molecule has 1 aromatic carbocycles. The topological polar surface area (TPSA) is 76.0 Å². The molecule has 1 unspecified atom stereocenters. The maximum atomic E-state index is 10.6. The zero-order valence-corrected chi connectivity index (χ0v) is 10.1. The number of benzene rings is 1. The van der Waals surface area contributed by atoms with E-state index in [2.05, 4.69) is 0 Å². The Balaban J connectivity index is 3.17. The molecule has 0 amide bonds. The van der Waals surface area contributed by atoms with E-state index < -0.39 is 12.1 Å². The average molecular weight is 240 g/mol. The number of carboxylic acids is 1. The number of aliphatic hydroxyl groups is 1. The van der Waals surface area contributed by atoms with Gasteiger partial charge in [-0.15, -0.1) is 0 Å². The third kappa shape index (κ3) is 3.10. The van der Waals surface area contributed by atoms with Crippen LogP contribution in [0.25, 0.3) is 0 Å². The van der Waals surface area contributed by atoms with Gasteiger partial charge in [0.15, 0.2) is 0 Å². The van der Waals surface area contributed by atoms with Gasteiger partial charge in [-0.3, -0.25) is 4.79 Å². The molecule has 5 heteroatoms. The number of rotatable bonds is 5. The van der Waals surface area contributed by atoms with E-state index in [0.717, 1.165) is 5.56 Å². The minimum Gasteiger partial charge on any atom is -0.497 e. The molecule has 0 saturated carbocycles. The molecule has 0 aliphatic carbocycles. The molecule has 1 rings (SSSR count). The van der Waals surface area contributed by atoms with E-state index in [1.54, 1.807) is 19.1 Å². The molecule has 94 valence electrons. The van der Waals surface area contributed by atoms with Crippen LogP contribution in [0.4, 0.5) is 0 Å². The number of hydrogen-bond acceptors (Lipinski definition) is 4. The molecule has 17 heavy (non-hydrogen) atoms. The molecule has 0 spiro atoms. The van der Waals surface area contributed by atoms with Gasteiger partial charge in [-0.05, 0) is 18.6 Å². The maximum Gasteiger partial charge on any atom is 0.306 e. The van der Waals surface area contributed by atoms with Crippen LogP contribution in [0, 0.1) is 6.92 Å². The van der Waals surface area contributed by atoms with Gasteiger partial charge >= 0.3 is 5.97 Å². The smallest absolute Gasteiger partial charge is 0.306 e. The number of aliphatic carboxylic acids is 1. The summed E-state index contributed by atoms with van der Waals surface area (Å²) in [5, 5.41) is 18.5. The molecular formula is C12H16O5. The van der Waals surface area contributed by atoms with Crippen molar-refractivity contribution >= 4 is 5.97 Å². The van der Waals surface area contributed by atoms with Gasteiger partial charge in [-0.1, -0.05) is 0 Å². The van der Waals surface area contributed by atoms with Gasteiger partial charge in [0.25, 0.3) is 0 Å². The molecule has 0 bridgehead atoms. The molecule has 0 saturated heterocycles. The summed E-state index contributed by atoms with van der Waals surface area (Å²) in [5.41, 5.74) is 1.21. The van der Waals surface area contributed by atoms with Crippen LogP contribution in [-0.2, 0) is 4.79 Å². The standard InChI is InChI=1S/C12H16O5/c1-7-4-8(16-2)5-10(17-3)12(7)9(13)6-11(14)15/h4-5,9,13H,6H2,1-3H3,(H,14,15). The van der Waals surface area contributed by atoms with Gasteiger partial charge in [0.1, 0.15) is 11.5 Å². The van der Waals surface area contributed by atoms with Crippen molar-refractivity contribution in [3.05, 3.63) is 23.3 Å². The Morgan fingerprint density at radius 1 is 1.35 bits per heavy atom. The van der Waals surface area contributed by atoms with E-state index in [1.165, 1.54) is 14.2 Å². The molecule has 0 radical (unpaired) electrons. The first kappa shape index (κ1) is 13.3. The van der Waals surface area contributed by atoms with Crippen molar-refractivity contribution in [1.82, 2.24) is 0 Å². The Morgan fingerprint density at radius 3 is 2.47 bits per heavy atom. The third-order valence-corrected chi connectivity index (χ3v) is 2.48. The van der Waals surface area contributed by atoms with E-state index in [4.69, 9.17) is 14.6 Å².